The highest BCUT2D eigenvalue weighted by Gasteiger charge is 2.28. The number of carbonyl (C=O) groups is 2. The SMILES string of the molecule is C[C@H](C(=O)NC(C)(C)C)N(Cc1ccc(Cl)c(Cl)c1)C(=O)CCCN(c1ccc(Cl)cc1)S(C)(=O)=O. The first-order chi connectivity index (χ1) is 16.6. The van der Waals surface area contributed by atoms with Crippen LogP contribution in [0.15, 0.2) is 42.5 Å². The molecule has 0 aliphatic carbocycles. The minimum atomic E-state index is -3.58. The summed E-state index contributed by atoms with van der Waals surface area (Å²) in [5.74, 6) is -0.586. The van der Waals surface area contributed by atoms with Crippen LogP contribution in [0, 0.1) is 0 Å². The Labute approximate surface area is 228 Å². The van der Waals surface area contributed by atoms with Gasteiger partial charge >= 0.3 is 0 Å². The van der Waals surface area contributed by atoms with Crippen LogP contribution in [0.25, 0.3) is 0 Å². The molecular formula is C25H32Cl3N3O4S. The van der Waals surface area contributed by atoms with E-state index in [2.05, 4.69) is 5.32 Å². The van der Waals surface area contributed by atoms with Crippen LogP contribution in [0.1, 0.15) is 46.1 Å². The van der Waals surface area contributed by atoms with Crippen molar-refractivity contribution in [3.05, 3.63) is 63.1 Å². The van der Waals surface area contributed by atoms with Gasteiger partial charge in [-0.25, -0.2) is 8.42 Å². The van der Waals surface area contributed by atoms with E-state index in [0.717, 1.165) is 6.26 Å². The molecule has 0 heterocycles. The molecule has 0 saturated carbocycles. The number of benzene rings is 2. The summed E-state index contributed by atoms with van der Waals surface area (Å²) in [5, 5.41) is 4.13. The molecule has 2 rings (SSSR count). The summed E-state index contributed by atoms with van der Waals surface area (Å²) in [7, 11) is -3.58. The molecule has 0 spiro atoms. The van der Waals surface area contributed by atoms with E-state index in [1.807, 2.05) is 20.8 Å². The topological polar surface area (TPSA) is 86.8 Å². The standard InChI is InChI=1S/C25H32Cl3N3O4S/c1-17(24(33)29-25(2,3)4)30(16-18-8-13-21(27)22(28)15-18)23(32)7-6-14-31(36(5,34)35)20-11-9-19(26)10-12-20/h8-13,15,17H,6-7,14,16H2,1-5H3,(H,29,33)/t17-/m1/s1. The van der Waals surface area contributed by atoms with Crippen molar-refractivity contribution in [2.24, 2.45) is 0 Å². The van der Waals surface area contributed by atoms with Gasteiger partial charge in [0.25, 0.3) is 0 Å². The summed E-state index contributed by atoms with van der Waals surface area (Å²) in [6.07, 6.45) is 1.40. The molecule has 1 atom stereocenters. The molecule has 7 nitrogen and oxygen atoms in total. The zero-order chi connectivity index (χ0) is 27.3. The van der Waals surface area contributed by atoms with Gasteiger partial charge in [-0.2, -0.15) is 0 Å². The molecule has 2 amide bonds. The second-order valence-corrected chi connectivity index (χ2v) is 12.8. The Balaban J connectivity index is 2.21. The van der Waals surface area contributed by atoms with Crippen molar-refractivity contribution in [2.75, 3.05) is 17.1 Å². The maximum atomic E-state index is 13.3. The number of carbonyl (C=O) groups excluding carboxylic acids is 2. The van der Waals surface area contributed by atoms with E-state index in [4.69, 9.17) is 34.8 Å². The Morgan fingerprint density at radius 2 is 1.61 bits per heavy atom. The smallest absolute Gasteiger partial charge is 0.242 e. The number of rotatable bonds is 10. The van der Waals surface area contributed by atoms with Crippen LogP contribution < -0.4 is 9.62 Å². The summed E-state index contributed by atoms with van der Waals surface area (Å²) in [6.45, 7) is 7.47. The fourth-order valence-electron chi connectivity index (χ4n) is 3.50. The summed E-state index contributed by atoms with van der Waals surface area (Å²) >= 11 is 18.1. The Morgan fingerprint density at radius 3 is 2.14 bits per heavy atom. The second-order valence-electron chi connectivity index (χ2n) is 9.60. The predicted molar refractivity (Wildman–Crippen MR) is 147 cm³/mol. The molecule has 0 aliphatic heterocycles. The van der Waals surface area contributed by atoms with Crippen LogP contribution >= 0.6 is 34.8 Å². The number of sulfonamides is 1. The molecule has 11 heteroatoms. The van der Waals surface area contributed by atoms with Crippen molar-refractivity contribution in [3.8, 4) is 0 Å². The third-order valence-electron chi connectivity index (χ3n) is 5.27. The molecule has 1 N–H and O–H groups in total. The van der Waals surface area contributed by atoms with Crippen LogP contribution in [0.3, 0.4) is 0 Å². The van der Waals surface area contributed by atoms with Gasteiger partial charge in [0, 0.05) is 30.1 Å². The maximum Gasteiger partial charge on any atom is 0.242 e. The average Bonchev–Trinajstić information content (AvgIpc) is 2.75. The number of hydrogen-bond donors (Lipinski definition) is 1. The first-order valence-electron chi connectivity index (χ1n) is 11.4. The maximum absolute atomic E-state index is 13.3. The number of nitrogens with one attached hydrogen (secondary N) is 1. The summed E-state index contributed by atoms with van der Waals surface area (Å²) in [5.41, 5.74) is 0.699. The first-order valence-corrected chi connectivity index (χ1v) is 14.4. The van der Waals surface area contributed by atoms with Crippen molar-refractivity contribution >= 4 is 62.3 Å². The van der Waals surface area contributed by atoms with Gasteiger partial charge in [0.1, 0.15) is 6.04 Å². The quantitative estimate of drug-likeness (QED) is 0.403. The highest BCUT2D eigenvalue weighted by atomic mass is 35.5. The Kier molecular flexibility index (Phi) is 10.5. The normalized spacial score (nSPS) is 12.7. The Morgan fingerprint density at radius 1 is 1.00 bits per heavy atom. The van der Waals surface area contributed by atoms with E-state index >= 15 is 0 Å². The molecule has 0 radical (unpaired) electrons. The number of nitrogens with zero attached hydrogens (tertiary/aromatic N) is 2. The minimum absolute atomic E-state index is 0.0358. The summed E-state index contributed by atoms with van der Waals surface area (Å²) in [6, 6.07) is 10.7. The molecule has 2 aromatic rings. The van der Waals surface area contributed by atoms with Crippen LogP contribution in [0.5, 0.6) is 0 Å². The van der Waals surface area contributed by atoms with E-state index in [1.54, 1.807) is 49.4 Å². The molecule has 0 fully saturated rings. The third kappa shape index (κ3) is 9.14. The van der Waals surface area contributed by atoms with Crippen LogP contribution in [-0.2, 0) is 26.2 Å². The molecule has 36 heavy (non-hydrogen) atoms. The van der Waals surface area contributed by atoms with E-state index in [0.29, 0.717) is 26.3 Å². The van der Waals surface area contributed by atoms with Crippen LogP contribution in [0.4, 0.5) is 5.69 Å². The lowest BCUT2D eigenvalue weighted by molar-refractivity contribution is -0.141. The summed E-state index contributed by atoms with van der Waals surface area (Å²) in [4.78, 5) is 27.7. The lowest BCUT2D eigenvalue weighted by atomic mass is 10.1. The van der Waals surface area contributed by atoms with Crippen molar-refractivity contribution in [1.29, 1.82) is 0 Å². The molecule has 0 aliphatic rings. The first kappa shape index (κ1) is 30.2. The van der Waals surface area contributed by atoms with E-state index in [-0.39, 0.29) is 37.7 Å². The number of hydrogen-bond acceptors (Lipinski definition) is 4. The molecule has 0 saturated heterocycles. The van der Waals surface area contributed by atoms with Gasteiger partial charge in [-0.15, -0.1) is 0 Å². The zero-order valence-electron chi connectivity index (χ0n) is 21.0. The molecule has 0 aromatic heterocycles. The van der Waals surface area contributed by atoms with E-state index in [9.17, 15) is 18.0 Å². The molecular weight excluding hydrogens is 545 g/mol. The minimum Gasteiger partial charge on any atom is -0.350 e. The highest BCUT2D eigenvalue weighted by Crippen LogP contribution is 2.25. The number of amides is 2. The van der Waals surface area contributed by atoms with Gasteiger partial charge < -0.3 is 10.2 Å². The fourth-order valence-corrected chi connectivity index (χ4v) is 4.91. The zero-order valence-corrected chi connectivity index (χ0v) is 24.1. The highest BCUT2D eigenvalue weighted by molar-refractivity contribution is 7.92. The molecule has 198 valence electrons. The monoisotopic (exact) mass is 575 g/mol. The van der Waals surface area contributed by atoms with E-state index < -0.39 is 21.6 Å². The third-order valence-corrected chi connectivity index (χ3v) is 7.45. The Bertz CT molecular complexity index is 1180. The largest absolute Gasteiger partial charge is 0.350 e. The van der Waals surface area contributed by atoms with Gasteiger partial charge in [0.05, 0.1) is 22.0 Å². The Hall–Kier alpha value is -2.00. The van der Waals surface area contributed by atoms with Crippen LogP contribution in [-0.4, -0.2) is 49.5 Å². The van der Waals surface area contributed by atoms with Crippen molar-refractivity contribution < 1.29 is 18.0 Å². The van der Waals surface area contributed by atoms with Gasteiger partial charge in [-0.3, -0.25) is 13.9 Å². The van der Waals surface area contributed by atoms with Crippen molar-refractivity contribution in [3.63, 3.8) is 0 Å². The number of anilines is 1. The molecule has 0 bridgehead atoms. The average molecular weight is 577 g/mol. The fraction of sp³-hybridized carbons (Fsp3) is 0.440. The predicted octanol–water partition coefficient (Wildman–Crippen LogP) is 5.53. The van der Waals surface area contributed by atoms with Crippen molar-refractivity contribution in [2.45, 2.75) is 58.7 Å². The summed E-state index contributed by atoms with van der Waals surface area (Å²) < 4.78 is 26.0. The second kappa shape index (κ2) is 12.5. The lowest BCUT2D eigenvalue weighted by Crippen LogP contribution is -2.52. The van der Waals surface area contributed by atoms with E-state index in [1.165, 1.54) is 9.21 Å². The number of halogens is 3. The molecule has 2 aromatic carbocycles. The van der Waals surface area contributed by atoms with Gasteiger partial charge in [0.15, 0.2) is 0 Å². The van der Waals surface area contributed by atoms with Gasteiger partial charge in [0.2, 0.25) is 21.8 Å². The van der Waals surface area contributed by atoms with Crippen molar-refractivity contribution in [1.82, 2.24) is 10.2 Å². The lowest BCUT2D eigenvalue weighted by Gasteiger charge is -2.32. The van der Waals surface area contributed by atoms with Gasteiger partial charge in [-0.05, 0) is 76.1 Å². The van der Waals surface area contributed by atoms with Crippen LogP contribution in [0.2, 0.25) is 15.1 Å². The van der Waals surface area contributed by atoms with Gasteiger partial charge in [-0.1, -0.05) is 40.9 Å². The molecule has 0 unspecified atom stereocenters.